The van der Waals surface area contributed by atoms with Gasteiger partial charge in [-0.2, -0.15) is 0 Å². The summed E-state index contributed by atoms with van der Waals surface area (Å²) in [6.07, 6.45) is 3.43. The molecule has 0 fully saturated rings. The Morgan fingerprint density at radius 3 is 2.38 bits per heavy atom. The number of carbonyl (C=O) groups is 2. The Kier molecular flexibility index (Phi) is 6.95. The molecule has 0 aromatic carbocycles. The Bertz CT molecular complexity index is 560. The average molecular weight is 338 g/mol. The summed E-state index contributed by atoms with van der Waals surface area (Å²) in [5.74, 6) is -0.426. The summed E-state index contributed by atoms with van der Waals surface area (Å²) < 4.78 is 1.88. The van der Waals surface area contributed by atoms with Gasteiger partial charge in [0.1, 0.15) is 12.1 Å². The number of carbonyl (C=O) groups excluding carboxylic acids is 2. The van der Waals surface area contributed by atoms with E-state index in [1.807, 2.05) is 25.3 Å². The Balaban J connectivity index is 2.75. The van der Waals surface area contributed by atoms with Gasteiger partial charge in [0.15, 0.2) is 5.82 Å². The minimum atomic E-state index is -1.18. The number of aliphatic hydroxyl groups is 1. The second kappa shape index (κ2) is 8.28. The summed E-state index contributed by atoms with van der Waals surface area (Å²) in [4.78, 5) is 28.7. The Morgan fingerprint density at radius 1 is 1.29 bits per heavy atom. The van der Waals surface area contributed by atoms with E-state index in [2.05, 4.69) is 15.6 Å². The quantitative estimate of drug-likeness (QED) is 0.709. The highest BCUT2D eigenvalue weighted by Crippen LogP contribution is 2.19. The van der Waals surface area contributed by atoms with E-state index in [0.717, 1.165) is 6.42 Å². The van der Waals surface area contributed by atoms with E-state index in [4.69, 9.17) is 0 Å². The molecule has 1 rings (SSSR count). The maximum Gasteiger partial charge on any atom is 0.250 e. The molecule has 0 saturated heterocycles. The van der Waals surface area contributed by atoms with Crippen LogP contribution in [0.1, 0.15) is 60.4 Å². The molecule has 0 saturated carbocycles. The fraction of sp³-hybridized carbons (Fsp3) is 0.706. The van der Waals surface area contributed by atoms with Crippen molar-refractivity contribution in [1.82, 2.24) is 14.9 Å². The van der Waals surface area contributed by atoms with Crippen LogP contribution in [0.25, 0.3) is 0 Å². The number of imidazole rings is 1. The van der Waals surface area contributed by atoms with Gasteiger partial charge in [-0.1, -0.05) is 34.1 Å². The number of aromatic nitrogens is 2. The molecule has 0 aliphatic heterocycles. The van der Waals surface area contributed by atoms with Gasteiger partial charge in [0.25, 0.3) is 0 Å². The van der Waals surface area contributed by atoms with Crippen LogP contribution in [0.15, 0.2) is 12.5 Å². The fourth-order valence-corrected chi connectivity index (χ4v) is 2.10. The number of aliphatic hydroxyl groups excluding tert-OH is 1. The van der Waals surface area contributed by atoms with Crippen molar-refractivity contribution in [1.29, 1.82) is 0 Å². The lowest BCUT2D eigenvalue weighted by Crippen LogP contribution is -2.50. The van der Waals surface area contributed by atoms with Crippen molar-refractivity contribution in [2.75, 3.05) is 5.32 Å². The van der Waals surface area contributed by atoms with Crippen molar-refractivity contribution in [3.05, 3.63) is 12.5 Å². The molecule has 0 aliphatic rings. The lowest BCUT2D eigenvalue weighted by molar-refractivity contribution is -0.137. The highest BCUT2D eigenvalue weighted by Gasteiger charge is 2.31. The summed E-state index contributed by atoms with van der Waals surface area (Å²) in [6, 6.07) is -0.458. The molecule has 24 heavy (non-hydrogen) atoms. The normalized spacial score (nSPS) is 14.3. The number of nitrogens with one attached hydrogen (secondary N) is 2. The lowest BCUT2D eigenvalue weighted by atomic mass is 9.88. The van der Waals surface area contributed by atoms with E-state index in [1.54, 1.807) is 33.3 Å². The van der Waals surface area contributed by atoms with Gasteiger partial charge in [-0.05, 0) is 25.7 Å². The molecule has 0 bridgehead atoms. The van der Waals surface area contributed by atoms with E-state index in [-0.39, 0.29) is 11.9 Å². The first-order valence-corrected chi connectivity index (χ1v) is 8.39. The molecule has 0 spiro atoms. The van der Waals surface area contributed by atoms with Crippen molar-refractivity contribution in [3.8, 4) is 0 Å². The zero-order valence-corrected chi connectivity index (χ0v) is 15.5. The maximum absolute atomic E-state index is 12.4. The third-order valence-corrected chi connectivity index (χ3v) is 3.73. The van der Waals surface area contributed by atoms with Crippen LogP contribution < -0.4 is 10.6 Å². The van der Waals surface area contributed by atoms with Gasteiger partial charge in [0, 0.05) is 12.2 Å². The molecule has 2 atom stereocenters. The van der Waals surface area contributed by atoms with E-state index >= 15 is 0 Å². The van der Waals surface area contributed by atoms with E-state index in [9.17, 15) is 14.7 Å². The molecular formula is C17H30N4O3. The molecule has 2 amide bonds. The second-order valence-electron chi connectivity index (χ2n) is 7.41. The monoisotopic (exact) mass is 338 g/mol. The molecule has 0 radical (unpaired) electrons. The van der Waals surface area contributed by atoms with Gasteiger partial charge in [-0.3, -0.25) is 9.59 Å². The van der Waals surface area contributed by atoms with Crippen LogP contribution >= 0.6 is 0 Å². The second-order valence-corrected chi connectivity index (χ2v) is 7.41. The minimum absolute atomic E-state index is 0.247. The Morgan fingerprint density at radius 2 is 1.92 bits per heavy atom. The summed E-state index contributed by atoms with van der Waals surface area (Å²) in [7, 11) is 0. The number of hydrogen-bond donors (Lipinski definition) is 3. The van der Waals surface area contributed by atoms with Gasteiger partial charge in [0.05, 0.1) is 6.33 Å². The molecule has 1 aromatic rings. The predicted octanol–water partition coefficient (Wildman–Crippen LogP) is 2.09. The SMILES string of the molecule is CCCC(NC(=O)C(O)C(C)(C)C)C(=O)Nc1cn(C(C)C)cn1. The molecule has 7 heteroatoms. The zero-order chi connectivity index (χ0) is 18.5. The molecule has 1 aromatic heterocycles. The molecular weight excluding hydrogens is 308 g/mol. The third kappa shape index (κ3) is 5.63. The van der Waals surface area contributed by atoms with Crippen LogP contribution in [0.5, 0.6) is 0 Å². The number of nitrogens with zero attached hydrogens (tertiary/aromatic N) is 2. The first-order chi connectivity index (χ1) is 11.1. The van der Waals surface area contributed by atoms with E-state index in [0.29, 0.717) is 12.2 Å². The van der Waals surface area contributed by atoms with Gasteiger partial charge in [-0.15, -0.1) is 0 Å². The number of anilines is 1. The van der Waals surface area contributed by atoms with E-state index < -0.39 is 23.5 Å². The number of amides is 2. The van der Waals surface area contributed by atoms with Crippen LogP contribution in [0.4, 0.5) is 5.82 Å². The van der Waals surface area contributed by atoms with Crippen molar-refractivity contribution >= 4 is 17.6 Å². The predicted molar refractivity (Wildman–Crippen MR) is 93.5 cm³/mol. The smallest absolute Gasteiger partial charge is 0.250 e. The van der Waals surface area contributed by atoms with Crippen LogP contribution in [0.3, 0.4) is 0 Å². The van der Waals surface area contributed by atoms with Crippen molar-refractivity contribution in [3.63, 3.8) is 0 Å². The standard InChI is InChI=1S/C17H30N4O3/c1-7-8-12(19-16(24)14(22)17(4,5)6)15(23)20-13-9-21(10-18-13)11(2)3/h9-12,14,22H,7-8H2,1-6H3,(H,19,24)(H,20,23). The largest absolute Gasteiger partial charge is 0.383 e. The topological polar surface area (TPSA) is 96.3 Å². The number of hydrogen-bond acceptors (Lipinski definition) is 4. The van der Waals surface area contributed by atoms with Gasteiger partial charge < -0.3 is 20.3 Å². The molecule has 136 valence electrons. The van der Waals surface area contributed by atoms with Crippen LogP contribution in [-0.4, -0.2) is 38.6 Å². The lowest BCUT2D eigenvalue weighted by Gasteiger charge is -2.27. The zero-order valence-electron chi connectivity index (χ0n) is 15.5. The van der Waals surface area contributed by atoms with Crippen molar-refractivity contribution in [2.45, 2.75) is 72.6 Å². The molecule has 2 unspecified atom stereocenters. The summed E-state index contributed by atoms with van der Waals surface area (Å²) in [5, 5.41) is 15.4. The maximum atomic E-state index is 12.4. The van der Waals surface area contributed by atoms with Crippen LogP contribution in [0.2, 0.25) is 0 Å². The van der Waals surface area contributed by atoms with Crippen LogP contribution in [0, 0.1) is 5.41 Å². The van der Waals surface area contributed by atoms with Crippen LogP contribution in [-0.2, 0) is 9.59 Å². The molecule has 3 N–H and O–H groups in total. The highest BCUT2D eigenvalue weighted by atomic mass is 16.3. The summed E-state index contributed by atoms with van der Waals surface area (Å²) in [6.45, 7) is 11.3. The Hall–Kier alpha value is -1.89. The first-order valence-electron chi connectivity index (χ1n) is 8.39. The number of rotatable bonds is 7. The van der Waals surface area contributed by atoms with Crippen molar-refractivity contribution in [2.24, 2.45) is 5.41 Å². The highest BCUT2D eigenvalue weighted by molar-refractivity contribution is 5.97. The molecule has 0 aliphatic carbocycles. The summed E-state index contributed by atoms with van der Waals surface area (Å²) >= 11 is 0. The fourth-order valence-electron chi connectivity index (χ4n) is 2.10. The third-order valence-electron chi connectivity index (χ3n) is 3.73. The van der Waals surface area contributed by atoms with Gasteiger partial charge in [-0.25, -0.2) is 4.98 Å². The van der Waals surface area contributed by atoms with Gasteiger partial charge >= 0.3 is 0 Å². The molecule has 1 heterocycles. The van der Waals surface area contributed by atoms with Crippen molar-refractivity contribution < 1.29 is 14.7 Å². The molecule has 7 nitrogen and oxygen atoms in total. The average Bonchev–Trinajstić information content (AvgIpc) is 2.93. The first kappa shape index (κ1) is 20.2. The minimum Gasteiger partial charge on any atom is -0.383 e. The van der Waals surface area contributed by atoms with E-state index in [1.165, 1.54) is 0 Å². The Labute approximate surface area is 143 Å². The van der Waals surface area contributed by atoms with Gasteiger partial charge in [0.2, 0.25) is 11.8 Å². The summed E-state index contributed by atoms with van der Waals surface area (Å²) in [5.41, 5.74) is -0.590.